The van der Waals surface area contributed by atoms with E-state index in [-0.39, 0.29) is 11.5 Å². The SMILES string of the molecule is CCCCCCCCCCCCCCCC(=O)N/N=C/c1c(OC(=O)c2ccccc2Cl)ccc2ccccc12. The van der Waals surface area contributed by atoms with Crippen molar-refractivity contribution in [3.8, 4) is 5.75 Å². The fraction of sp³-hybridized carbons (Fsp3) is 0.441. The van der Waals surface area contributed by atoms with Crippen molar-refractivity contribution in [3.63, 3.8) is 0 Å². The number of rotatable bonds is 18. The molecule has 1 amide bonds. The van der Waals surface area contributed by atoms with Gasteiger partial charge in [0.1, 0.15) is 5.75 Å². The predicted molar refractivity (Wildman–Crippen MR) is 166 cm³/mol. The highest BCUT2D eigenvalue weighted by Gasteiger charge is 2.15. The smallest absolute Gasteiger partial charge is 0.345 e. The molecule has 0 aromatic heterocycles. The molecule has 0 fully saturated rings. The number of unbranched alkanes of at least 4 members (excludes halogenated alkanes) is 12. The maximum atomic E-state index is 12.8. The summed E-state index contributed by atoms with van der Waals surface area (Å²) < 4.78 is 5.70. The summed E-state index contributed by atoms with van der Waals surface area (Å²) in [5, 5.41) is 6.35. The minimum absolute atomic E-state index is 0.117. The van der Waals surface area contributed by atoms with Gasteiger partial charge in [0, 0.05) is 12.0 Å². The molecule has 0 aliphatic heterocycles. The molecule has 0 heterocycles. The Kier molecular flexibility index (Phi) is 14.3. The molecule has 0 saturated heterocycles. The Balaban J connectivity index is 1.42. The van der Waals surface area contributed by atoms with E-state index in [4.69, 9.17) is 16.3 Å². The Morgan fingerprint density at radius 3 is 2.05 bits per heavy atom. The Morgan fingerprint density at radius 2 is 1.38 bits per heavy atom. The van der Waals surface area contributed by atoms with Gasteiger partial charge in [-0.2, -0.15) is 5.10 Å². The monoisotopic (exact) mass is 562 g/mol. The molecule has 40 heavy (non-hydrogen) atoms. The lowest BCUT2D eigenvalue weighted by molar-refractivity contribution is -0.121. The zero-order valence-electron chi connectivity index (χ0n) is 23.8. The molecule has 0 atom stereocenters. The summed E-state index contributed by atoms with van der Waals surface area (Å²) in [6, 6.07) is 18.1. The number of fused-ring (bicyclic) bond motifs is 1. The quantitative estimate of drug-likeness (QED) is 0.0551. The van der Waals surface area contributed by atoms with Gasteiger partial charge in [-0.15, -0.1) is 0 Å². The first-order valence-corrected chi connectivity index (χ1v) is 15.3. The molecule has 1 N–H and O–H groups in total. The summed E-state index contributed by atoms with van der Waals surface area (Å²) in [6.45, 7) is 2.26. The fourth-order valence-electron chi connectivity index (χ4n) is 4.81. The first-order valence-electron chi connectivity index (χ1n) is 14.9. The average Bonchev–Trinajstić information content (AvgIpc) is 2.96. The van der Waals surface area contributed by atoms with Crippen LogP contribution in [0.3, 0.4) is 0 Å². The highest BCUT2D eigenvalue weighted by molar-refractivity contribution is 6.33. The minimum Gasteiger partial charge on any atom is -0.422 e. The number of amides is 1. The molecule has 0 saturated carbocycles. The molecule has 3 aromatic carbocycles. The van der Waals surface area contributed by atoms with Crippen LogP contribution in [-0.2, 0) is 4.79 Å². The highest BCUT2D eigenvalue weighted by atomic mass is 35.5. The van der Waals surface area contributed by atoms with Gasteiger partial charge in [0.05, 0.1) is 16.8 Å². The maximum Gasteiger partial charge on any atom is 0.345 e. The number of benzene rings is 3. The van der Waals surface area contributed by atoms with Crippen molar-refractivity contribution in [2.45, 2.75) is 96.8 Å². The van der Waals surface area contributed by atoms with Crippen molar-refractivity contribution in [3.05, 3.63) is 76.8 Å². The molecule has 0 bridgehead atoms. The van der Waals surface area contributed by atoms with E-state index in [0.29, 0.717) is 22.8 Å². The number of carbonyl (C=O) groups is 2. The molecular weight excluding hydrogens is 520 g/mol. The molecule has 6 heteroatoms. The number of carbonyl (C=O) groups excluding carboxylic acids is 2. The summed E-state index contributed by atoms with van der Waals surface area (Å²) >= 11 is 6.18. The number of hydrazone groups is 1. The largest absolute Gasteiger partial charge is 0.422 e. The Bertz CT molecular complexity index is 1240. The zero-order chi connectivity index (χ0) is 28.4. The first kappa shape index (κ1) is 31.3. The van der Waals surface area contributed by atoms with Gasteiger partial charge in [-0.05, 0) is 35.4 Å². The van der Waals surface area contributed by atoms with Crippen molar-refractivity contribution in [2.24, 2.45) is 5.10 Å². The van der Waals surface area contributed by atoms with Gasteiger partial charge in [0.15, 0.2) is 0 Å². The Labute approximate surface area is 244 Å². The fourth-order valence-corrected chi connectivity index (χ4v) is 5.02. The third-order valence-electron chi connectivity index (χ3n) is 7.12. The number of hydrogen-bond acceptors (Lipinski definition) is 4. The zero-order valence-corrected chi connectivity index (χ0v) is 24.6. The molecule has 5 nitrogen and oxygen atoms in total. The standard InChI is InChI=1S/C34H43ClN2O3/c1-2-3-4-5-6-7-8-9-10-11-12-13-14-23-33(38)37-36-26-30-28-20-16-15-19-27(28)24-25-32(30)40-34(39)29-21-17-18-22-31(29)35/h15-22,24-26H,2-14,23H2,1H3,(H,37,38)/b36-26+. The summed E-state index contributed by atoms with van der Waals surface area (Å²) in [4.78, 5) is 25.1. The van der Waals surface area contributed by atoms with Crippen LogP contribution in [0, 0.1) is 0 Å². The van der Waals surface area contributed by atoms with E-state index in [1.165, 1.54) is 70.6 Å². The second-order valence-electron chi connectivity index (χ2n) is 10.4. The summed E-state index contributed by atoms with van der Waals surface area (Å²) in [5.41, 5.74) is 3.52. The molecule has 214 valence electrons. The van der Waals surface area contributed by atoms with E-state index in [9.17, 15) is 9.59 Å². The number of nitrogens with one attached hydrogen (secondary N) is 1. The molecule has 3 rings (SSSR count). The Hall–Kier alpha value is -3.18. The van der Waals surface area contributed by atoms with E-state index >= 15 is 0 Å². The lowest BCUT2D eigenvalue weighted by atomic mass is 10.0. The molecule has 0 radical (unpaired) electrons. The number of esters is 1. The van der Waals surface area contributed by atoms with Gasteiger partial charge in [0.25, 0.3) is 0 Å². The van der Waals surface area contributed by atoms with Crippen LogP contribution in [0.15, 0.2) is 65.8 Å². The third-order valence-corrected chi connectivity index (χ3v) is 7.45. The summed E-state index contributed by atoms with van der Waals surface area (Å²) in [6.07, 6.45) is 18.5. The van der Waals surface area contributed by atoms with E-state index in [1.54, 1.807) is 36.5 Å². The lowest BCUT2D eigenvalue weighted by Gasteiger charge is -2.11. The van der Waals surface area contributed by atoms with Crippen LogP contribution in [0.1, 0.15) is 113 Å². The second kappa shape index (κ2) is 18.2. The topological polar surface area (TPSA) is 67.8 Å². The van der Waals surface area contributed by atoms with E-state index in [2.05, 4.69) is 17.5 Å². The van der Waals surface area contributed by atoms with Gasteiger partial charge in [0.2, 0.25) is 5.91 Å². The van der Waals surface area contributed by atoms with Crippen LogP contribution in [-0.4, -0.2) is 18.1 Å². The number of ether oxygens (including phenoxy) is 1. The van der Waals surface area contributed by atoms with Crippen LogP contribution in [0.5, 0.6) is 5.75 Å². The van der Waals surface area contributed by atoms with Gasteiger partial charge in [-0.25, -0.2) is 10.2 Å². The van der Waals surface area contributed by atoms with Crippen LogP contribution < -0.4 is 10.2 Å². The molecule has 0 unspecified atom stereocenters. The van der Waals surface area contributed by atoms with Crippen molar-refractivity contribution in [1.82, 2.24) is 5.43 Å². The van der Waals surface area contributed by atoms with E-state index in [0.717, 1.165) is 23.6 Å². The molecule has 0 spiro atoms. The minimum atomic E-state index is -0.554. The van der Waals surface area contributed by atoms with Gasteiger partial charge in [-0.3, -0.25) is 4.79 Å². The van der Waals surface area contributed by atoms with Gasteiger partial charge >= 0.3 is 5.97 Å². The molecule has 0 aliphatic rings. The van der Waals surface area contributed by atoms with Crippen molar-refractivity contribution >= 4 is 40.5 Å². The van der Waals surface area contributed by atoms with E-state index in [1.807, 2.05) is 30.3 Å². The van der Waals surface area contributed by atoms with Crippen LogP contribution >= 0.6 is 11.6 Å². The summed E-state index contributed by atoms with van der Waals surface area (Å²) in [7, 11) is 0. The summed E-state index contributed by atoms with van der Waals surface area (Å²) in [5.74, 6) is -0.325. The molecule has 3 aromatic rings. The lowest BCUT2D eigenvalue weighted by Crippen LogP contribution is -2.17. The van der Waals surface area contributed by atoms with Crippen molar-refractivity contribution in [1.29, 1.82) is 0 Å². The normalized spacial score (nSPS) is 11.2. The van der Waals surface area contributed by atoms with Crippen molar-refractivity contribution < 1.29 is 14.3 Å². The number of nitrogens with zero attached hydrogens (tertiary/aromatic N) is 1. The van der Waals surface area contributed by atoms with E-state index < -0.39 is 5.97 Å². The van der Waals surface area contributed by atoms with Crippen molar-refractivity contribution in [2.75, 3.05) is 0 Å². The molecule has 0 aliphatic carbocycles. The van der Waals surface area contributed by atoms with Gasteiger partial charge < -0.3 is 4.74 Å². The predicted octanol–water partition coefficient (Wildman–Crippen LogP) is 9.64. The number of hydrogen-bond donors (Lipinski definition) is 1. The third kappa shape index (κ3) is 10.8. The van der Waals surface area contributed by atoms with Crippen LogP contribution in [0.25, 0.3) is 10.8 Å². The average molecular weight is 563 g/mol. The Morgan fingerprint density at radius 1 is 0.775 bits per heavy atom. The highest BCUT2D eigenvalue weighted by Crippen LogP contribution is 2.28. The maximum absolute atomic E-state index is 12.8. The van der Waals surface area contributed by atoms with Crippen LogP contribution in [0.4, 0.5) is 0 Å². The number of halogens is 1. The first-order chi connectivity index (χ1) is 19.6. The van der Waals surface area contributed by atoms with Crippen LogP contribution in [0.2, 0.25) is 5.02 Å². The molecular formula is C34H43ClN2O3. The second-order valence-corrected chi connectivity index (χ2v) is 10.8. The van der Waals surface area contributed by atoms with Gasteiger partial charge in [-0.1, -0.05) is 138 Å².